The normalized spacial score (nSPS) is 23.0. The second-order valence-corrected chi connectivity index (χ2v) is 5.90. The van der Waals surface area contributed by atoms with E-state index in [0.717, 1.165) is 19.3 Å². The first-order chi connectivity index (χ1) is 6.58. The third-order valence-corrected chi connectivity index (χ3v) is 4.39. The molecule has 1 aliphatic heterocycles. The molecule has 1 atom stereocenters. The summed E-state index contributed by atoms with van der Waals surface area (Å²) in [5.74, 6) is -0.0261. The molecule has 0 aliphatic carbocycles. The minimum atomic E-state index is -2.87. The van der Waals surface area contributed by atoms with Crippen molar-refractivity contribution in [2.75, 3.05) is 19.8 Å². The lowest BCUT2D eigenvalue weighted by Crippen LogP contribution is -2.27. The van der Waals surface area contributed by atoms with E-state index in [4.69, 9.17) is 4.52 Å². The number of carbonyl (C=O) groups excluding carboxylic acids is 1. The predicted molar refractivity (Wildman–Crippen MR) is 55.3 cm³/mol. The summed E-state index contributed by atoms with van der Waals surface area (Å²) in [4.78, 5) is 11.6. The molecule has 0 radical (unpaired) electrons. The summed E-state index contributed by atoms with van der Waals surface area (Å²) in [5, 5.41) is 0. The van der Waals surface area contributed by atoms with Gasteiger partial charge in [0.15, 0.2) is 0 Å². The third kappa shape index (κ3) is 2.82. The Labute approximate surface area is 85.1 Å². The van der Waals surface area contributed by atoms with Gasteiger partial charge in [-0.25, -0.2) is 0 Å². The van der Waals surface area contributed by atoms with Crippen molar-refractivity contribution in [1.29, 1.82) is 0 Å². The van der Waals surface area contributed by atoms with Gasteiger partial charge in [0.05, 0.1) is 6.61 Å². The summed E-state index contributed by atoms with van der Waals surface area (Å²) in [6.07, 6.45) is 3.37. The molecule has 1 unspecified atom stereocenters. The molecule has 1 heterocycles. The van der Waals surface area contributed by atoms with Gasteiger partial charge in [0.25, 0.3) is 7.52 Å². The van der Waals surface area contributed by atoms with Crippen LogP contribution in [0.5, 0.6) is 0 Å². The smallest absolute Gasteiger partial charge is 0.295 e. The molecular formula is C9H18NO3P. The minimum absolute atomic E-state index is 0.0261. The van der Waals surface area contributed by atoms with Crippen LogP contribution in [-0.4, -0.2) is 30.4 Å². The van der Waals surface area contributed by atoms with E-state index in [2.05, 4.69) is 0 Å². The summed E-state index contributed by atoms with van der Waals surface area (Å²) in [6.45, 7) is 4.28. The van der Waals surface area contributed by atoms with Crippen LogP contribution in [0.3, 0.4) is 0 Å². The summed E-state index contributed by atoms with van der Waals surface area (Å²) in [6, 6.07) is 0. The Kier molecular flexibility index (Phi) is 4.14. The summed E-state index contributed by atoms with van der Waals surface area (Å²) < 4.78 is 18.6. The van der Waals surface area contributed by atoms with Gasteiger partial charge in [0, 0.05) is 19.6 Å². The van der Waals surface area contributed by atoms with Crippen LogP contribution in [0.25, 0.3) is 0 Å². The summed E-state index contributed by atoms with van der Waals surface area (Å²) in [5.41, 5.74) is 0. The van der Waals surface area contributed by atoms with Crippen molar-refractivity contribution in [3.63, 3.8) is 0 Å². The largest absolute Gasteiger partial charge is 0.314 e. The molecule has 0 aromatic rings. The highest BCUT2D eigenvalue weighted by Gasteiger charge is 2.30. The molecule has 0 N–H and O–H groups in total. The van der Waals surface area contributed by atoms with Crippen LogP contribution < -0.4 is 0 Å². The van der Waals surface area contributed by atoms with Gasteiger partial charge < -0.3 is 4.52 Å². The van der Waals surface area contributed by atoms with Crippen molar-refractivity contribution in [2.45, 2.75) is 32.6 Å². The fourth-order valence-electron chi connectivity index (χ4n) is 1.66. The number of rotatable bonds is 3. The van der Waals surface area contributed by atoms with Crippen molar-refractivity contribution in [3.05, 3.63) is 0 Å². The summed E-state index contributed by atoms with van der Waals surface area (Å²) >= 11 is 0. The van der Waals surface area contributed by atoms with Gasteiger partial charge in [-0.1, -0.05) is 6.42 Å². The molecule has 82 valence electrons. The highest BCUT2D eigenvalue weighted by molar-refractivity contribution is 7.56. The van der Waals surface area contributed by atoms with Crippen molar-refractivity contribution in [2.24, 2.45) is 0 Å². The predicted octanol–water partition coefficient (Wildman–Crippen LogP) is 2.25. The van der Waals surface area contributed by atoms with E-state index >= 15 is 0 Å². The van der Waals surface area contributed by atoms with Crippen LogP contribution >= 0.6 is 7.52 Å². The molecule has 1 rings (SSSR count). The monoisotopic (exact) mass is 219 g/mol. The first kappa shape index (κ1) is 11.7. The maximum atomic E-state index is 12.0. The van der Waals surface area contributed by atoms with E-state index in [-0.39, 0.29) is 5.91 Å². The van der Waals surface area contributed by atoms with Crippen LogP contribution in [0.2, 0.25) is 0 Å². The zero-order valence-electron chi connectivity index (χ0n) is 8.86. The topological polar surface area (TPSA) is 46.6 Å². The van der Waals surface area contributed by atoms with Crippen molar-refractivity contribution in [3.8, 4) is 0 Å². The number of amides is 1. The molecule has 0 saturated carbocycles. The zero-order valence-corrected chi connectivity index (χ0v) is 9.76. The van der Waals surface area contributed by atoms with Gasteiger partial charge in [-0.15, -0.1) is 0 Å². The Morgan fingerprint density at radius 2 is 2.14 bits per heavy atom. The maximum Gasteiger partial charge on any atom is 0.295 e. The number of hydrogen-bond acceptors (Lipinski definition) is 3. The molecule has 4 nitrogen and oxygen atoms in total. The first-order valence-electron chi connectivity index (χ1n) is 5.11. The molecule has 1 aliphatic rings. The molecule has 1 amide bonds. The standard InChI is InChI=1S/C9H18NO3P/c1-3-13-14(2,12)10-8-6-4-5-7-9(10)11/h3-8H2,1-2H3. The minimum Gasteiger partial charge on any atom is -0.314 e. The second kappa shape index (κ2) is 4.94. The Morgan fingerprint density at radius 3 is 2.79 bits per heavy atom. The van der Waals surface area contributed by atoms with Crippen molar-refractivity contribution < 1.29 is 13.9 Å². The van der Waals surface area contributed by atoms with Crippen LogP contribution in [0.4, 0.5) is 0 Å². The SMILES string of the molecule is CCOP(C)(=O)N1CCCCCC1=O. The lowest BCUT2D eigenvalue weighted by molar-refractivity contribution is -0.126. The third-order valence-electron chi connectivity index (χ3n) is 2.36. The molecule has 1 saturated heterocycles. The van der Waals surface area contributed by atoms with E-state index < -0.39 is 7.52 Å². The maximum absolute atomic E-state index is 12.0. The Hall–Kier alpha value is -0.340. The van der Waals surface area contributed by atoms with Crippen LogP contribution in [0.15, 0.2) is 0 Å². The summed E-state index contributed by atoms with van der Waals surface area (Å²) in [7, 11) is -2.87. The zero-order chi connectivity index (χ0) is 10.6. The van der Waals surface area contributed by atoms with E-state index in [1.807, 2.05) is 0 Å². The fourth-order valence-corrected chi connectivity index (χ4v) is 3.29. The second-order valence-electron chi connectivity index (χ2n) is 3.55. The molecule has 14 heavy (non-hydrogen) atoms. The van der Waals surface area contributed by atoms with Gasteiger partial charge in [-0.05, 0) is 19.8 Å². The highest BCUT2D eigenvalue weighted by Crippen LogP contribution is 2.48. The van der Waals surface area contributed by atoms with E-state index in [1.54, 1.807) is 6.92 Å². The molecule has 0 bridgehead atoms. The Morgan fingerprint density at radius 1 is 1.43 bits per heavy atom. The Balaban J connectivity index is 2.72. The molecule has 0 spiro atoms. The highest BCUT2D eigenvalue weighted by atomic mass is 31.2. The van der Waals surface area contributed by atoms with Crippen LogP contribution in [0, 0.1) is 0 Å². The molecule has 1 fully saturated rings. The van der Waals surface area contributed by atoms with Crippen molar-refractivity contribution in [1.82, 2.24) is 4.67 Å². The average molecular weight is 219 g/mol. The van der Waals surface area contributed by atoms with E-state index in [0.29, 0.717) is 19.6 Å². The van der Waals surface area contributed by atoms with E-state index in [1.165, 1.54) is 11.3 Å². The Bertz CT molecular complexity index is 254. The van der Waals surface area contributed by atoms with Crippen molar-refractivity contribution >= 4 is 13.4 Å². The lowest BCUT2D eigenvalue weighted by Gasteiger charge is -2.26. The molecule has 0 aromatic carbocycles. The van der Waals surface area contributed by atoms with E-state index in [9.17, 15) is 9.36 Å². The number of nitrogens with zero attached hydrogens (tertiary/aromatic N) is 1. The molecule has 0 aromatic heterocycles. The van der Waals surface area contributed by atoms with Crippen LogP contribution in [0.1, 0.15) is 32.6 Å². The fraction of sp³-hybridized carbons (Fsp3) is 0.889. The van der Waals surface area contributed by atoms with Crippen LogP contribution in [-0.2, 0) is 13.9 Å². The van der Waals surface area contributed by atoms with Gasteiger partial charge in [-0.2, -0.15) is 0 Å². The number of carbonyl (C=O) groups is 1. The van der Waals surface area contributed by atoms with Gasteiger partial charge in [-0.3, -0.25) is 14.0 Å². The number of hydrogen-bond donors (Lipinski definition) is 0. The average Bonchev–Trinajstić information content (AvgIpc) is 2.29. The molecular weight excluding hydrogens is 201 g/mol. The lowest BCUT2D eigenvalue weighted by atomic mass is 10.2. The quantitative estimate of drug-likeness (QED) is 0.684. The first-order valence-corrected chi connectivity index (χ1v) is 7.13. The van der Waals surface area contributed by atoms with Gasteiger partial charge in [0.1, 0.15) is 0 Å². The van der Waals surface area contributed by atoms with Gasteiger partial charge in [0.2, 0.25) is 5.91 Å². The molecule has 5 heteroatoms. The van der Waals surface area contributed by atoms with Gasteiger partial charge >= 0.3 is 0 Å².